The summed E-state index contributed by atoms with van der Waals surface area (Å²) < 4.78 is 7.00. The molecule has 0 saturated heterocycles. The number of hydrogen-bond donors (Lipinski definition) is 2. The highest BCUT2D eigenvalue weighted by Crippen LogP contribution is 2.27. The van der Waals surface area contributed by atoms with Crippen molar-refractivity contribution in [2.75, 3.05) is 16.8 Å². The van der Waals surface area contributed by atoms with E-state index in [1.807, 2.05) is 48.5 Å². The Bertz CT molecular complexity index is 1320. The molecule has 2 heterocycles. The Morgan fingerprint density at radius 1 is 1.08 bits per heavy atom. The summed E-state index contributed by atoms with van der Waals surface area (Å²) in [4.78, 5) is 30.2. The molecule has 0 fully saturated rings. The fourth-order valence-corrected chi connectivity index (χ4v) is 5.28. The SMILES string of the molecule is Cc1nc(NC(=O)C(C)n2c(N)nnc2SCCc2ccccc2)sc1C(=O)OCc1ccccc1. The molecule has 0 aliphatic carbocycles. The van der Waals surface area contributed by atoms with Gasteiger partial charge >= 0.3 is 5.97 Å². The van der Waals surface area contributed by atoms with Gasteiger partial charge in [-0.1, -0.05) is 83.8 Å². The maximum Gasteiger partial charge on any atom is 0.350 e. The van der Waals surface area contributed by atoms with E-state index in [-0.39, 0.29) is 18.5 Å². The van der Waals surface area contributed by atoms with E-state index in [0.717, 1.165) is 29.1 Å². The van der Waals surface area contributed by atoms with E-state index in [9.17, 15) is 9.59 Å². The Morgan fingerprint density at radius 2 is 1.75 bits per heavy atom. The standard InChI is InChI=1S/C25H26N6O3S2/c1-16-20(22(33)34-15-19-11-7-4-8-12-19)36-24(27-16)28-21(32)17(2)31-23(26)29-30-25(31)35-14-13-18-9-5-3-6-10-18/h3-12,17H,13-15H2,1-2H3,(H2,26,29)(H,27,28,32). The maximum atomic E-state index is 13.0. The minimum atomic E-state index is -0.683. The summed E-state index contributed by atoms with van der Waals surface area (Å²) in [5.41, 5.74) is 8.62. The zero-order valence-electron chi connectivity index (χ0n) is 19.9. The molecule has 1 atom stereocenters. The molecule has 9 nitrogen and oxygen atoms in total. The number of ether oxygens (including phenoxy) is 1. The number of esters is 1. The second kappa shape index (κ2) is 11.8. The van der Waals surface area contributed by atoms with Crippen molar-refractivity contribution < 1.29 is 14.3 Å². The molecule has 1 amide bonds. The van der Waals surface area contributed by atoms with Crippen molar-refractivity contribution in [1.29, 1.82) is 0 Å². The molecule has 186 valence electrons. The predicted octanol–water partition coefficient (Wildman–Crippen LogP) is 4.52. The Kier molecular flexibility index (Phi) is 8.34. The van der Waals surface area contributed by atoms with Crippen LogP contribution in [-0.4, -0.2) is 37.4 Å². The van der Waals surface area contributed by atoms with Gasteiger partial charge in [-0.05, 0) is 31.4 Å². The van der Waals surface area contributed by atoms with Crippen molar-refractivity contribution in [3.05, 3.63) is 82.4 Å². The highest BCUT2D eigenvalue weighted by Gasteiger charge is 2.24. The molecule has 36 heavy (non-hydrogen) atoms. The number of aromatic nitrogens is 4. The molecule has 11 heteroatoms. The monoisotopic (exact) mass is 522 g/mol. The maximum absolute atomic E-state index is 13.0. The number of nitrogen functional groups attached to an aromatic ring is 1. The van der Waals surface area contributed by atoms with Crippen LogP contribution in [0, 0.1) is 6.92 Å². The summed E-state index contributed by atoms with van der Waals surface area (Å²) in [6.45, 7) is 3.58. The van der Waals surface area contributed by atoms with Crippen molar-refractivity contribution in [2.24, 2.45) is 0 Å². The van der Waals surface area contributed by atoms with E-state index in [0.29, 0.717) is 20.9 Å². The van der Waals surface area contributed by atoms with Crippen LogP contribution >= 0.6 is 23.1 Å². The number of carbonyl (C=O) groups is 2. The summed E-state index contributed by atoms with van der Waals surface area (Å²) >= 11 is 2.56. The van der Waals surface area contributed by atoms with Crippen molar-refractivity contribution in [3.63, 3.8) is 0 Å². The molecule has 0 radical (unpaired) electrons. The van der Waals surface area contributed by atoms with Crippen LogP contribution < -0.4 is 11.1 Å². The van der Waals surface area contributed by atoms with E-state index >= 15 is 0 Å². The summed E-state index contributed by atoms with van der Waals surface area (Å²) in [5.74, 6) is 0.0867. The minimum Gasteiger partial charge on any atom is -0.457 e. The van der Waals surface area contributed by atoms with Crippen molar-refractivity contribution in [1.82, 2.24) is 19.7 Å². The van der Waals surface area contributed by atoms with Crippen LogP contribution in [-0.2, 0) is 22.6 Å². The Hall–Kier alpha value is -3.70. The first-order chi connectivity index (χ1) is 17.4. The van der Waals surface area contributed by atoms with Crippen LogP contribution in [0.5, 0.6) is 0 Å². The topological polar surface area (TPSA) is 125 Å². The van der Waals surface area contributed by atoms with Crippen LogP contribution in [0.1, 0.15) is 39.5 Å². The van der Waals surface area contributed by atoms with Crippen LogP contribution in [0.3, 0.4) is 0 Å². The highest BCUT2D eigenvalue weighted by atomic mass is 32.2. The number of rotatable bonds is 10. The first-order valence-corrected chi connectivity index (χ1v) is 13.1. The van der Waals surface area contributed by atoms with Crippen LogP contribution in [0.4, 0.5) is 11.1 Å². The van der Waals surface area contributed by atoms with Crippen LogP contribution in [0.2, 0.25) is 0 Å². The third-order valence-corrected chi connectivity index (χ3v) is 7.34. The summed E-state index contributed by atoms with van der Waals surface area (Å²) in [5, 5.41) is 11.7. The average molecular weight is 523 g/mol. The van der Waals surface area contributed by atoms with E-state index in [4.69, 9.17) is 10.5 Å². The first-order valence-electron chi connectivity index (χ1n) is 11.3. The smallest absolute Gasteiger partial charge is 0.350 e. The molecule has 0 bridgehead atoms. The number of aryl methyl sites for hydroxylation is 2. The Labute approximate surface area is 217 Å². The van der Waals surface area contributed by atoms with Crippen LogP contribution in [0.25, 0.3) is 0 Å². The number of thiazole rings is 1. The van der Waals surface area contributed by atoms with Gasteiger partial charge in [0.1, 0.15) is 17.5 Å². The number of benzene rings is 2. The molecular weight excluding hydrogens is 496 g/mol. The molecule has 4 rings (SSSR count). The zero-order valence-corrected chi connectivity index (χ0v) is 21.5. The van der Waals surface area contributed by atoms with Gasteiger partial charge in [-0.2, -0.15) is 0 Å². The van der Waals surface area contributed by atoms with E-state index < -0.39 is 12.0 Å². The molecule has 1 unspecified atom stereocenters. The molecule has 0 aliphatic heterocycles. The number of hydrogen-bond acceptors (Lipinski definition) is 9. The number of thioether (sulfide) groups is 1. The largest absolute Gasteiger partial charge is 0.457 e. The molecule has 0 spiro atoms. The fraction of sp³-hybridized carbons (Fsp3) is 0.240. The van der Waals surface area contributed by atoms with Gasteiger partial charge in [0, 0.05) is 5.75 Å². The molecule has 0 saturated carbocycles. The summed E-state index contributed by atoms with van der Waals surface area (Å²) in [6, 6.07) is 18.9. The van der Waals surface area contributed by atoms with Gasteiger partial charge in [-0.25, -0.2) is 9.78 Å². The first kappa shape index (κ1) is 25.4. The second-order valence-electron chi connectivity index (χ2n) is 7.96. The van der Waals surface area contributed by atoms with Crippen molar-refractivity contribution >= 4 is 46.1 Å². The quantitative estimate of drug-likeness (QED) is 0.230. The lowest BCUT2D eigenvalue weighted by atomic mass is 10.2. The highest BCUT2D eigenvalue weighted by molar-refractivity contribution is 7.99. The number of amides is 1. The van der Waals surface area contributed by atoms with Gasteiger partial charge in [0.05, 0.1) is 5.69 Å². The van der Waals surface area contributed by atoms with Gasteiger partial charge < -0.3 is 15.8 Å². The van der Waals surface area contributed by atoms with Gasteiger partial charge in [-0.15, -0.1) is 10.2 Å². The molecular formula is C25H26N6O3S2. The average Bonchev–Trinajstić information content (AvgIpc) is 3.44. The predicted molar refractivity (Wildman–Crippen MR) is 141 cm³/mol. The Balaban J connectivity index is 1.37. The van der Waals surface area contributed by atoms with Gasteiger partial charge in [0.2, 0.25) is 11.9 Å². The number of nitrogens with one attached hydrogen (secondary N) is 1. The van der Waals surface area contributed by atoms with E-state index in [1.165, 1.54) is 17.3 Å². The lowest BCUT2D eigenvalue weighted by Gasteiger charge is -2.15. The number of nitrogens with two attached hydrogens (primary N) is 1. The second-order valence-corrected chi connectivity index (χ2v) is 10.0. The molecule has 0 aliphatic rings. The van der Waals surface area contributed by atoms with Crippen molar-refractivity contribution in [3.8, 4) is 0 Å². The van der Waals surface area contributed by atoms with Crippen LogP contribution in [0.15, 0.2) is 65.8 Å². The Morgan fingerprint density at radius 3 is 2.44 bits per heavy atom. The fourth-order valence-electron chi connectivity index (χ4n) is 3.41. The number of anilines is 2. The zero-order chi connectivity index (χ0) is 25.5. The van der Waals surface area contributed by atoms with Gasteiger partial charge in [0.25, 0.3) is 0 Å². The normalized spacial score (nSPS) is 11.7. The molecule has 3 N–H and O–H groups in total. The lowest BCUT2D eigenvalue weighted by Crippen LogP contribution is -2.25. The lowest BCUT2D eigenvalue weighted by molar-refractivity contribution is -0.118. The van der Waals surface area contributed by atoms with E-state index in [1.54, 1.807) is 18.4 Å². The number of carbonyl (C=O) groups excluding carboxylic acids is 2. The summed E-state index contributed by atoms with van der Waals surface area (Å²) in [6.07, 6.45) is 0.848. The van der Waals surface area contributed by atoms with Crippen molar-refractivity contribution in [2.45, 2.75) is 38.1 Å². The van der Waals surface area contributed by atoms with E-state index in [2.05, 4.69) is 32.6 Å². The molecule has 2 aromatic carbocycles. The minimum absolute atomic E-state index is 0.153. The third kappa shape index (κ3) is 6.29. The molecule has 4 aromatic rings. The van der Waals surface area contributed by atoms with Gasteiger partial charge in [-0.3, -0.25) is 9.36 Å². The number of nitrogens with zero attached hydrogens (tertiary/aromatic N) is 4. The third-order valence-electron chi connectivity index (χ3n) is 5.35. The van der Waals surface area contributed by atoms with Gasteiger partial charge in [0.15, 0.2) is 10.3 Å². The molecule has 2 aromatic heterocycles. The summed E-state index contributed by atoms with van der Waals surface area (Å²) in [7, 11) is 0.